The number of ether oxygens (including phenoxy) is 1. The number of likely N-dealkylation sites (N-methyl/N-ethyl adjacent to an activating group) is 1. The Hall–Kier alpha value is -2.08. The summed E-state index contributed by atoms with van der Waals surface area (Å²) in [5.74, 6) is -0.323. The van der Waals surface area contributed by atoms with Gasteiger partial charge in [-0.15, -0.1) is 0 Å². The van der Waals surface area contributed by atoms with E-state index in [-0.39, 0.29) is 12.0 Å². The summed E-state index contributed by atoms with van der Waals surface area (Å²) in [5.41, 5.74) is 1.48. The molecule has 0 saturated carbocycles. The van der Waals surface area contributed by atoms with Crippen LogP contribution >= 0.6 is 0 Å². The van der Waals surface area contributed by atoms with Gasteiger partial charge in [-0.25, -0.2) is 9.59 Å². The molecule has 0 spiro atoms. The van der Waals surface area contributed by atoms with Gasteiger partial charge in [0.25, 0.3) is 0 Å². The minimum Gasteiger partial charge on any atom is -0.462 e. The molecule has 1 aromatic carbocycles. The summed E-state index contributed by atoms with van der Waals surface area (Å²) in [6.45, 7) is 4.16. The van der Waals surface area contributed by atoms with Gasteiger partial charge < -0.3 is 19.9 Å². The van der Waals surface area contributed by atoms with E-state index in [4.69, 9.17) is 4.74 Å². The molecule has 24 heavy (non-hydrogen) atoms. The Labute approximate surface area is 143 Å². The van der Waals surface area contributed by atoms with Crippen LogP contribution in [0.15, 0.2) is 24.3 Å². The lowest BCUT2D eigenvalue weighted by Gasteiger charge is -2.36. The number of benzene rings is 1. The van der Waals surface area contributed by atoms with Gasteiger partial charge in [-0.05, 0) is 51.6 Å². The molecule has 6 heteroatoms. The second-order valence-electron chi connectivity index (χ2n) is 6.28. The SMILES string of the molecule is CCOC(=O)c1ccc(CNC(=O)N2CCCC(N(C)C)C2)cc1. The summed E-state index contributed by atoms with van der Waals surface area (Å²) in [6.07, 6.45) is 2.16. The average molecular weight is 333 g/mol. The Morgan fingerprint density at radius 2 is 2.00 bits per heavy atom. The van der Waals surface area contributed by atoms with Crippen molar-refractivity contribution < 1.29 is 14.3 Å². The quantitative estimate of drug-likeness (QED) is 0.838. The van der Waals surface area contributed by atoms with Gasteiger partial charge in [0, 0.05) is 25.7 Å². The molecule has 6 nitrogen and oxygen atoms in total. The molecule has 1 atom stereocenters. The number of hydrogen-bond acceptors (Lipinski definition) is 4. The number of hydrogen-bond donors (Lipinski definition) is 1. The van der Waals surface area contributed by atoms with E-state index in [0.717, 1.165) is 31.5 Å². The van der Waals surface area contributed by atoms with Crippen LogP contribution in [-0.4, -0.2) is 61.6 Å². The zero-order valence-corrected chi connectivity index (χ0v) is 14.7. The van der Waals surface area contributed by atoms with Crippen molar-refractivity contribution in [1.82, 2.24) is 15.1 Å². The number of nitrogens with one attached hydrogen (secondary N) is 1. The molecule has 0 aromatic heterocycles. The second kappa shape index (κ2) is 8.68. The number of esters is 1. The summed E-state index contributed by atoms with van der Waals surface area (Å²) < 4.78 is 4.96. The molecule has 1 saturated heterocycles. The van der Waals surface area contributed by atoms with Gasteiger partial charge in [0.2, 0.25) is 0 Å². The van der Waals surface area contributed by atoms with Crippen LogP contribution in [0.5, 0.6) is 0 Å². The molecule has 0 bridgehead atoms. The summed E-state index contributed by atoms with van der Waals surface area (Å²) in [4.78, 5) is 28.0. The maximum Gasteiger partial charge on any atom is 0.338 e. The van der Waals surface area contributed by atoms with E-state index in [1.54, 1.807) is 19.1 Å². The first kappa shape index (κ1) is 18.3. The van der Waals surface area contributed by atoms with Crippen molar-refractivity contribution in [3.8, 4) is 0 Å². The number of likely N-dealkylation sites (tertiary alicyclic amines) is 1. The standard InChI is InChI=1S/C18H27N3O3/c1-4-24-17(22)15-9-7-14(8-10-15)12-19-18(23)21-11-5-6-16(13-21)20(2)3/h7-10,16H,4-6,11-13H2,1-3H3,(H,19,23). The third kappa shape index (κ3) is 4.96. The molecular weight excluding hydrogens is 306 g/mol. The molecule has 0 radical (unpaired) electrons. The van der Waals surface area contributed by atoms with Crippen molar-refractivity contribution >= 4 is 12.0 Å². The van der Waals surface area contributed by atoms with Crippen LogP contribution in [-0.2, 0) is 11.3 Å². The minimum atomic E-state index is -0.323. The van der Waals surface area contributed by atoms with Crippen molar-refractivity contribution in [3.05, 3.63) is 35.4 Å². The van der Waals surface area contributed by atoms with Crippen LogP contribution in [0.4, 0.5) is 4.79 Å². The monoisotopic (exact) mass is 333 g/mol. The van der Waals surface area contributed by atoms with E-state index in [0.29, 0.717) is 24.8 Å². The number of nitrogens with zero attached hydrogens (tertiary/aromatic N) is 2. The van der Waals surface area contributed by atoms with Crippen molar-refractivity contribution in [1.29, 1.82) is 0 Å². The summed E-state index contributed by atoms with van der Waals surface area (Å²) in [5, 5.41) is 2.95. The van der Waals surface area contributed by atoms with Gasteiger partial charge >= 0.3 is 12.0 Å². The van der Waals surface area contributed by atoms with Gasteiger partial charge in [-0.2, -0.15) is 0 Å². The molecule has 0 aliphatic carbocycles. The number of rotatable bonds is 5. The lowest BCUT2D eigenvalue weighted by molar-refractivity contribution is 0.0526. The molecule has 1 aliphatic rings. The highest BCUT2D eigenvalue weighted by molar-refractivity contribution is 5.89. The van der Waals surface area contributed by atoms with Crippen LogP contribution in [0, 0.1) is 0 Å². The fourth-order valence-corrected chi connectivity index (χ4v) is 2.82. The van der Waals surface area contributed by atoms with Crippen LogP contribution in [0.25, 0.3) is 0 Å². The van der Waals surface area contributed by atoms with Gasteiger partial charge in [-0.3, -0.25) is 0 Å². The lowest BCUT2D eigenvalue weighted by atomic mass is 10.1. The highest BCUT2D eigenvalue weighted by Gasteiger charge is 2.24. The van der Waals surface area contributed by atoms with Crippen LogP contribution in [0.3, 0.4) is 0 Å². The fraction of sp³-hybridized carbons (Fsp3) is 0.556. The molecule has 1 fully saturated rings. The van der Waals surface area contributed by atoms with Crippen LogP contribution in [0.1, 0.15) is 35.7 Å². The van der Waals surface area contributed by atoms with Crippen molar-refractivity contribution in [2.75, 3.05) is 33.8 Å². The third-order valence-electron chi connectivity index (χ3n) is 4.32. The Balaban J connectivity index is 1.84. The van der Waals surface area contributed by atoms with E-state index < -0.39 is 0 Å². The summed E-state index contributed by atoms with van der Waals surface area (Å²) in [6, 6.07) is 7.52. The zero-order chi connectivity index (χ0) is 17.5. The molecular formula is C18H27N3O3. The highest BCUT2D eigenvalue weighted by atomic mass is 16.5. The first-order valence-electron chi connectivity index (χ1n) is 8.46. The van der Waals surface area contributed by atoms with Crippen molar-refractivity contribution in [2.45, 2.75) is 32.4 Å². The smallest absolute Gasteiger partial charge is 0.338 e. The first-order valence-corrected chi connectivity index (χ1v) is 8.46. The third-order valence-corrected chi connectivity index (χ3v) is 4.32. The molecule has 1 aliphatic heterocycles. The maximum absolute atomic E-state index is 12.3. The molecule has 1 unspecified atom stereocenters. The lowest BCUT2D eigenvalue weighted by Crippen LogP contribution is -2.50. The Kier molecular flexibility index (Phi) is 6.61. The van der Waals surface area contributed by atoms with Gasteiger partial charge in [0.05, 0.1) is 12.2 Å². The highest BCUT2D eigenvalue weighted by Crippen LogP contribution is 2.14. The van der Waals surface area contributed by atoms with E-state index in [1.807, 2.05) is 17.0 Å². The van der Waals surface area contributed by atoms with Crippen molar-refractivity contribution in [2.24, 2.45) is 0 Å². The number of carbonyl (C=O) groups excluding carboxylic acids is 2. The largest absolute Gasteiger partial charge is 0.462 e. The average Bonchev–Trinajstić information content (AvgIpc) is 2.60. The number of amides is 2. The predicted molar refractivity (Wildman–Crippen MR) is 92.9 cm³/mol. The Morgan fingerprint density at radius 1 is 1.29 bits per heavy atom. The molecule has 1 aromatic rings. The van der Waals surface area contributed by atoms with Gasteiger partial charge in [0.1, 0.15) is 0 Å². The maximum atomic E-state index is 12.3. The summed E-state index contributed by atoms with van der Waals surface area (Å²) in [7, 11) is 4.11. The Bertz CT molecular complexity index is 557. The summed E-state index contributed by atoms with van der Waals surface area (Å²) >= 11 is 0. The number of urea groups is 1. The topological polar surface area (TPSA) is 61.9 Å². The second-order valence-corrected chi connectivity index (χ2v) is 6.28. The van der Waals surface area contributed by atoms with Gasteiger partial charge in [0.15, 0.2) is 0 Å². The minimum absolute atomic E-state index is 0.0315. The van der Waals surface area contributed by atoms with E-state index in [9.17, 15) is 9.59 Å². The zero-order valence-electron chi connectivity index (χ0n) is 14.7. The Morgan fingerprint density at radius 3 is 2.62 bits per heavy atom. The van der Waals surface area contributed by atoms with Gasteiger partial charge in [-0.1, -0.05) is 12.1 Å². The van der Waals surface area contributed by atoms with Crippen LogP contribution in [0.2, 0.25) is 0 Å². The normalized spacial score (nSPS) is 17.7. The fourth-order valence-electron chi connectivity index (χ4n) is 2.82. The van der Waals surface area contributed by atoms with E-state index in [1.165, 1.54) is 0 Å². The molecule has 1 N–H and O–H groups in total. The predicted octanol–water partition coefficient (Wildman–Crippen LogP) is 2.10. The molecule has 2 amide bonds. The molecule has 2 rings (SSSR count). The first-order chi connectivity index (χ1) is 11.5. The molecule has 1 heterocycles. The molecule has 132 valence electrons. The number of carbonyl (C=O) groups is 2. The number of piperidine rings is 1. The van der Waals surface area contributed by atoms with Crippen LogP contribution < -0.4 is 5.32 Å². The van der Waals surface area contributed by atoms with E-state index in [2.05, 4.69) is 24.3 Å². The van der Waals surface area contributed by atoms with Crippen molar-refractivity contribution in [3.63, 3.8) is 0 Å². The van der Waals surface area contributed by atoms with E-state index >= 15 is 0 Å².